The van der Waals surface area contributed by atoms with Crippen LogP contribution in [-0.4, -0.2) is 24.6 Å². The van der Waals surface area contributed by atoms with Crippen LogP contribution >= 0.6 is 15.9 Å². The molecule has 0 heterocycles. The van der Waals surface area contributed by atoms with E-state index < -0.39 is 6.10 Å². The van der Waals surface area contributed by atoms with Crippen LogP contribution < -0.4 is 15.8 Å². The second kappa shape index (κ2) is 7.80. The summed E-state index contributed by atoms with van der Waals surface area (Å²) in [4.78, 5) is 12.3. The summed E-state index contributed by atoms with van der Waals surface area (Å²) in [6, 6.07) is 7.69. The summed E-state index contributed by atoms with van der Waals surface area (Å²) >= 11 is 3.39. The van der Waals surface area contributed by atoms with Crippen LogP contribution in [0.3, 0.4) is 0 Å². The molecule has 1 aliphatic rings. The lowest BCUT2D eigenvalue weighted by Crippen LogP contribution is -2.48. The van der Waals surface area contributed by atoms with Crippen LogP contribution in [0.1, 0.15) is 32.6 Å². The minimum atomic E-state index is -0.514. The zero-order valence-corrected chi connectivity index (χ0v) is 13.9. The molecular weight excluding hydrogens is 332 g/mol. The molecule has 5 heteroatoms. The normalized spacial score (nSPS) is 23.4. The van der Waals surface area contributed by atoms with E-state index in [1.807, 2.05) is 24.3 Å². The molecule has 2 rings (SSSR count). The van der Waals surface area contributed by atoms with Gasteiger partial charge in [-0.3, -0.25) is 4.79 Å². The average molecular weight is 355 g/mol. The zero-order chi connectivity index (χ0) is 15.2. The summed E-state index contributed by atoms with van der Waals surface area (Å²) < 4.78 is 6.63. The highest BCUT2D eigenvalue weighted by atomic mass is 79.9. The van der Waals surface area contributed by atoms with Crippen molar-refractivity contribution in [1.82, 2.24) is 5.32 Å². The Morgan fingerprint density at radius 1 is 1.48 bits per heavy atom. The van der Waals surface area contributed by atoms with Gasteiger partial charge in [-0.2, -0.15) is 0 Å². The van der Waals surface area contributed by atoms with Crippen molar-refractivity contribution in [2.24, 2.45) is 11.7 Å². The van der Waals surface area contributed by atoms with Gasteiger partial charge >= 0.3 is 0 Å². The first-order valence-electron chi connectivity index (χ1n) is 7.53. The monoisotopic (exact) mass is 354 g/mol. The molecule has 1 aliphatic carbocycles. The van der Waals surface area contributed by atoms with Gasteiger partial charge in [0.15, 0.2) is 6.10 Å². The number of halogens is 1. The molecule has 4 nitrogen and oxygen atoms in total. The lowest BCUT2D eigenvalue weighted by molar-refractivity contribution is -0.128. The Morgan fingerprint density at radius 3 is 2.95 bits per heavy atom. The zero-order valence-electron chi connectivity index (χ0n) is 12.3. The predicted molar refractivity (Wildman–Crippen MR) is 87.2 cm³/mol. The van der Waals surface area contributed by atoms with E-state index in [1.165, 1.54) is 6.42 Å². The second-order valence-corrected chi connectivity index (χ2v) is 6.53. The maximum absolute atomic E-state index is 12.3. The Labute approximate surface area is 134 Å². The van der Waals surface area contributed by atoms with E-state index in [2.05, 4.69) is 21.2 Å². The number of hydrogen-bond acceptors (Lipinski definition) is 3. The lowest BCUT2D eigenvalue weighted by Gasteiger charge is -2.32. The molecule has 1 amide bonds. The number of carbonyl (C=O) groups is 1. The minimum absolute atomic E-state index is 0.0691. The quantitative estimate of drug-likeness (QED) is 0.854. The molecule has 3 unspecified atom stereocenters. The van der Waals surface area contributed by atoms with Gasteiger partial charge < -0.3 is 15.8 Å². The standard InChI is InChI=1S/C16H23BrN2O2/c1-11(21-14-7-4-6-13(17)9-14)16(20)19-15-8-3-2-5-12(15)10-18/h4,6-7,9,11-12,15H,2-3,5,8,10,18H2,1H3,(H,19,20). The molecule has 116 valence electrons. The second-order valence-electron chi connectivity index (χ2n) is 5.61. The third-order valence-corrected chi connectivity index (χ3v) is 4.51. The molecule has 1 aromatic rings. The van der Waals surface area contributed by atoms with Gasteiger partial charge in [0.25, 0.3) is 5.91 Å². The number of hydrogen-bond donors (Lipinski definition) is 2. The Balaban J connectivity index is 1.90. The predicted octanol–water partition coefficient (Wildman–Crippen LogP) is 2.85. The van der Waals surface area contributed by atoms with Crippen molar-refractivity contribution in [3.05, 3.63) is 28.7 Å². The number of carbonyl (C=O) groups excluding carboxylic acids is 1. The van der Waals surface area contributed by atoms with Gasteiger partial charge in [-0.1, -0.05) is 34.8 Å². The van der Waals surface area contributed by atoms with Crippen molar-refractivity contribution in [2.45, 2.75) is 44.8 Å². The van der Waals surface area contributed by atoms with Crippen LogP contribution in [0, 0.1) is 5.92 Å². The minimum Gasteiger partial charge on any atom is -0.481 e. The third kappa shape index (κ3) is 4.71. The van der Waals surface area contributed by atoms with Crippen molar-refractivity contribution in [3.8, 4) is 5.75 Å². The van der Waals surface area contributed by atoms with E-state index in [0.717, 1.165) is 23.7 Å². The van der Waals surface area contributed by atoms with Crippen LogP contribution in [0.15, 0.2) is 28.7 Å². The number of ether oxygens (including phenoxy) is 1. The molecular formula is C16H23BrN2O2. The summed E-state index contributed by atoms with van der Waals surface area (Å²) in [5.41, 5.74) is 5.80. The van der Waals surface area contributed by atoms with E-state index >= 15 is 0 Å². The molecule has 0 radical (unpaired) electrons. The first-order chi connectivity index (χ1) is 10.1. The summed E-state index contributed by atoms with van der Waals surface area (Å²) in [7, 11) is 0. The summed E-state index contributed by atoms with van der Waals surface area (Å²) in [5, 5.41) is 3.10. The van der Waals surface area contributed by atoms with Gasteiger partial charge in [0.05, 0.1) is 0 Å². The van der Waals surface area contributed by atoms with Crippen molar-refractivity contribution in [1.29, 1.82) is 0 Å². The Hall–Kier alpha value is -1.07. The van der Waals surface area contributed by atoms with E-state index in [1.54, 1.807) is 6.92 Å². The van der Waals surface area contributed by atoms with Crippen LogP contribution in [0.2, 0.25) is 0 Å². The summed E-state index contributed by atoms with van der Waals surface area (Å²) in [6.07, 6.45) is 3.96. The van der Waals surface area contributed by atoms with E-state index in [9.17, 15) is 4.79 Å². The van der Waals surface area contributed by atoms with Crippen LogP contribution in [0.5, 0.6) is 5.75 Å². The molecule has 0 aliphatic heterocycles. The maximum atomic E-state index is 12.3. The van der Waals surface area contributed by atoms with Gasteiger partial charge in [0.1, 0.15) is 5.75 Å². The third-order valence-electron chi connectivity index (χ3n) is 4.02. The largest absolute Gasteiger partial charge is 0.481 e. The van der Waals surface area contributed by atoms with Crippen LogP contribution in [-0.2, 0) is 4.79 Å². The molecule has 0 saturated heterocycles. The first kappa shape index (κ1) is 16.3. The molecule has 1 fully saturated rings. The van der Waals surface area contributed by atoms with Crippen LogP contribution in [0.25, 0.3) is 0 Å². The SMILES string of the molecule is CC(Oc1cccc(Br)c1)C(=O)NC1CCCCC1CN. The fourth-order valence-corrected chi connectivity index (χ4v) is 3.16. The topological polar surface area (TPSA) is 64.3 Å². The number of amides is 1. The molecule has 3 N–H and O–H groups in total. The van der Waals surface area contributed by atoms with E-state index in [-0.39, 0.29) is 11.9 Å². The molecule has 1 aromatic carbocycles. The van der Waals surface area contributed by atoms with Gasteiger partial charge in [0, 0.05) is 10.5 Å². The fourth-order valence-electron chi connectivity index (χ4n) is 2.78. The molecule has 0 bridgehead atoms. The van der Waals surface area contributed by atoms with E-state index in [0.29, 0.717) is 18.2 Å². The van der Waals surface area contributed by atoms with Crippen LogP contribution in [0.4, 0.5) is 0 Å². The molecule has 0 aromatic heterocycles. The molecule has 21 heavy (non-hydrogen) atoms. The average Bonchev–Trinajstić information content (AvgIpc) is 2.47. The Bertz CT molecular complexity index is 481. The smallest absolute Gasteiger partial charge is 0.261 e. The number of nitrogens with one attached hydrogen (secondary N) is 1. The highest BCUT2D eigenvalue weighted by molar-refractivity contribution is 9.10. The van der Waals surface area contributed by atoms with Crippen molar-refractivity contribution >= 4 is 21.8 Å². The van der Waals surface area contributed by atoms with E-state index in [4.69, 9.17) is 10.5 Å². The number of benzene rings is 1. The Morgan fingerprint density at radius 2 is 2.24 bits per heavy atom. The maximum Gasteiger partial charge on any atom is 0.261 e. The Kier molecular flexibility index (Phi) is 6.06. The molecule has 1 saturated carbocycles. The first-order valence-corrected chi connectivity index (χ1v) is 8.32. The molecule has 0 spiro atoms. The number of rotatable bonds is 5. The van der Waals surface area contributed by atoms with Gasteiger partial charge in [-0.15, -0.1) is 0 Å². The summed E-state index contributed by atoms with van der Waals surface area (Å²) in [5.74, 6) is 1.01. The summed E-state index contributed by atoms with van der Waals surface area (Å²) in [6.45, 7) is 2.41. The highest BCUT2D eigenvalue weighted by Gasteiger charge is 2.27. The van der Waals surface area contributed by atoms with Crippen molar-refractivity contribution < 1.29 is 9.53 Å². The highest BCUT2D eigenvalue weighted by Crippen LogP contribution is 2.24. The van der Waals surface area contributed by atoms with Gasteiger partial charge in [0.2, 0.25) is 0 Å². The van der Waals surface area contributed by atoms with Gasteiger partial charge in [-0.25, -0.2) is 0 Å². The van der Waals surface area contributed by atoms with Crippen molar-refractivity contribution in [2.75, 3.05) is 6.54 Å². The number of nitrogens with two attached hydrogens (primary N) is 1. The van der Waals surface area contributed by atoms with Gasteiger partial charge in [-0.05, 0) is 50.4 Å². The lowest BCUT2D eigenvalue weighted by atomic mass is 9.84. The fraction of sp³-hybridized carbons (Fsp3) is 0.562. The van der Waals surface area contributed by atoms with Crippen molar-refractivity contribution in [3.63, 3.8) is 0 Å². The molecule has 3 atom stereocenters.